The lowest BCUT2D eigenvalue weighted by Crippen LogP contribution is -2.70. The first-order valence-corrected chi connectivity index (χ1v) is 6.11. The van der Waals surface area contributed by atoms with Crippen LogP contribution >= 0.6 is 23.2 Å². The second-order valence-corrected chi connectivity index (χ2v) is 5.42. The van der Waals surface area contributed by atoms with Crippen LogP contribution in [0.4, 0.5) is 0 Å². The van der Waals surface area contributed by atoms with E-state index in [9.17, 15) is 9.59 Å². The largest absolute Gasteiger partial charge is 0.295 e. The molecule has 1 aromatic carbocycles. The topological polar surface area (TPSA) is 46.2 Å². The molecule has 2 fully saturated rings. The van der Waals surface area contributed by atoms with Crippen molar-refractivity contribution in [3.8, 4) is 0 Å². The Labute approximate surface area is 108 Å². The Morgan fingerprint density at radius 2 is 1.71 bits per heavy atom. The number of amides is 2. The lowest BCUT2D eigenvalue weighted by atomic mass is 9.53. The molecule has 0 bridgehead atoms. The Morgan fingerprint density at radius 3 is 2.12 bits per heavy atom. The quantitative estimate of drug-likeness (QED) is 0.629. The molecule has 1 N–H and O–H groups in total. The van der Waals surface area contributed by atoms with E-state index in [1.807, 2.05) is 0 Å². The van der Waals surface area contributed by atoms with Gasteiger partial charge in [0.15, 0.2) is 0 Å². The number of hydrogen-bond acceptors (Lipinski definition) is 2. The molecule has 2 aliphatic rings. The van der Waals surface area contributed by atoms with Gasteiger partial charge in [0.1, 0.15) is 5.41 Å². The maximum absolute atomic E-state index is 11.6. The fourth-order valence-electron chi connectivity index (χ4n) is 2.72. The molecule has 1 unspecified atom stereocenters. The third-order valence-electron chi connectivity index (χ3n) is 3.75. The Kier molecular flexibility index (Phi) is 2.25. The van der Waals surface area contributed by atoms with Crippen molar-refractivity contribution in [1.82, 2.24) is 5.32 Å². The summed E-state index contributed by atoms with van der Waals surface area (Å²) in [6.07, 6.45) is 1.43. The van der Waals surface area contributed by atoms with Gasteiger partial charge in [-0.1, -0.05) is 23.2 Å². The summed E-state index contributed by atoms with van der Waals surface area (Å²) in [7, 11) is 0. The predicted octanol–water partition coefficient (Wildman–Crippen LogP) is 2.51. The van der Waals surface area contributed by atoms with Crippen LogP contribution in [0.2, 0.25) is 10.0 Å². The third kappa shape index (κ3) is 1.36. The second kappa shape index (κ2) is 3.47. The SMILES string of the molecule is O=C1NC(=O)C12CCC2c1cc(Cl)cc(Cl)c1. The molecule has 1 saturated heterocycles. The number of carbonyl (C=O) groups is 2. The molecule has 1 aliphatic heterocycles. The molecule has 3 rings (SSSR count). The standard InChI is InChI=1S/C12H9Cl2NO2/c13-7-3-6(4-8(14)5-7)9-1-2-12(9)10(16)15-11(12)17/h3-5,9H,1-2H2,(H,15,16,17). The van der Waals surface area contributed by atoms with E-state index < -0.39 is 5.41 Å². The van der Waals surface area contributed by atoms with Gasteiger partial charge in [0, 0.05) is 16.0 Å². The first-order valence-electron chi connectivity index (χ1n) is 5.36. The predicted molar refractivity (Wildman–Crippen MR) is 64.0 cm³/mol. The fraction of sp³-hybridized carbons (Fsp3) is 0.333. The zero-order chi connectivity index (χ0) is 12.2. The van der Waals surface area contributed by atoms with Crippen LogP contribution in [-0.2, 0) is 9.59 Å². The Bertz CT molecular complexity index is 507. The van der Waals surface area contributed by atoms with Gasteiger partial charge in [-0.25, -0.2) is 0 Å². The molecule has 1 aromatic rings. The molecule has 1 saturated carbocycles. The second-order valence-electron chi connectivity index (χ2n) is 4.55. The van der Waals surface area contributed by atoms with Crippen LogP contribution in [0, 0.1) is 5.41 Å². The molecule has 1 heterocycles. The van der Waals surface area contributed by atoms with Crippen molar-refractivity contribution in [2.45, 2.75) is 18.8 Å². The minimum Gasteiger partial charge on any atom is -0.295 e. The number of halogens is 2. The highest BCUT2D eigenvalue weighted by molar-refractivity contribution is 6.34. The lowest BCUT2D eigenvalue weighted by Gasteiger charge is -2.52. The van der Waals surface area contributed by atoms with Gasteiger partial charge in [-0.3, -0.25) is 14.9 Å². The molecule has 1 atom stereocenters. The zero-order valence-electron chi connectivity index (χ0n) is 8.80. The molecule has 88 valence electrons. The number of hydrogen-bond donors (Lipinski definition) is 1. The summed E-state index contributed by atoms with van der Waals surface area (Å²) in [5, 5.41) is 3.34. The van der Waals surface area contributed by atoms with Crippen molar-refractivity contribution in [2.75, 3.05) is 0 Å². The number of benzene rings is 1. The van der Waals surface area contributed by atoms with Gasteiger partial charge in [0.05, 0.1) is 0 Å². The number of nitrogens with one attached hydrogen (secondary N) is 1. The van der Waals surface area contributed by atoms with E-state index >= 15 is 0 Å². The van der Waals surface area contributed by atoms with Gasteiger partial charge in [-0.15, -0.1) is 0 Å². The maximum Gasteiger partial charge on any atom is 0.242 e. The molecular weight excluding hydrogens is 261 g/mol. The Balaban J connectivity index is 2.00. The summed E-state index contributed by atoms with van der Waals surface area (Å²) >= 11 is 11.9. The molecule has 1 spiro atoms. The fourth-order valence-corrected chi connectivity index (χ4v) is 3.26. The lowest BCUT2D eigenvalue weighted by molar-refractivity contribution is -0.167. The van der Waals surface area contributed by atoms with Crippen LogP contribution in [-0.4, -0.2) is 11.8 Å². The number of imide groups is 1. The normalized spacial score (nSPS) is 25.2. The van der Waals surface area contributed by atoms with E-state index in [0.29, 0.717) is 16.5 Å². The molecule has 5 heteroatoms. The van der Waals surface area contributed by atoms with Gasteiger partial charge >= 0.3 is 0 Å². The molecule has 0 radical (unpaired) electrons. The molecule has 3 nitrogen and oxygen atoms in total. The van der Waals surface area contributed by atoms with E-state index in [0.717, 1.165) is 12.0 Å². The average molecular weight is 270 g/mol. The van der Waals surface area contributed by atoms with Crippen LogP contribution in [0.15, 0.2) is 18.2 Å². The first-order chi connectivity index (χ1) is 8.04. The molecule has 2 amide bonds. The molecule has 0 aromatic heterocycles. The van der Waals surface area contributed by atoms with Crippen LogP contribution in [0.1, 0.15) is 24.3 Å². The van der Waals surface area contributed by atoms with E-state index in [-0.39, 0.29) is 17.7 Å². The van der Waals surface area contributed by atoms with Crippen LogP contribution in [0.5, 0.6) is 0 Å². The van der Waals surface area contributed by atoms with Crippen LogP contribution < -0.4 is 5.32 Å². The van der Waals surface area contributed by atoms with Crippen molar-refractivity contribution >= 4 is 35.0 Å². The minimum absolute atomic E-state index is 0.0834. The van der Waals surface area contributed by atoms with E-state index in [1.165, 1.54) is 0 Å². The zero-order valence-corrected chi connectivity index (χ0v) is 10.3. The number of rotatable bonds is 1. The van der Waals surface area contributed by atoms with E-state index in [1.54, 1.807) is 18.2 Å². The minimum atomic E-state index is -0.839. The van der Waals surface area contributed by atoms with Gasteiger partial charge in [-0.2, -0.15) is 0 Å². The smallest absolute Gasteiger partial charge is 0.242 e. The van der Waals surface area contributed by atoms with Gasteiger partial charge in [0.25, 0.3) is 0 Å². The summed E-state index contributed by atoms with van der Waals surface area (Å²) in [5.41, 5.74) is 0.0329. The summed E-state index contributed by atoms with van der Waals surface area (Å²) in [5.74, 6) is -0.426. The van der Waals surface area contributed by atoms with Crippen molar-refractivity contribution in [3.63, 3.8) is 0 Å². The maximum atomic E-state index is 11.6. The van der Waals surface area contributed by atoms with Crippen molar-refractivity contribution in [3.05, 3.63) is 33.8 Å². The summed E-state index contributed by atoms with van der Waals surface area (Å²) in [6.45, 7) is 0. The number of β-lactam (4-membered cyclic amide) rings is 2. The van der Waals surface area contributed by atoms with Crippen LogP contribution in [0.25, 0.3) is 0 Å². The summed E-state index contributed by atoms with van der Waals surface area (Å²) in [6, 6.07) is 5.19. The van der Waals surface area contributed by atoms with Gasteiger partial charge in [-0.05, 0) is 36.6 Å². The number of carbonyl (C=O) groups excluding carboxylic acids is 2. The van der Waals surface area contributed by atoms with Gasteiger partial charge < -0.3 is 0 Å². The average Bonchev–Trinajstić information content (AvgIpc) is 2.13. The molecule has 1 aliphatic carbocycles. The Morgan fingerprint density at radius 1 is 1.12 bits per heavy atom. The Hall–Kier alpha value is -1.06. The molecule has 17 heavy (non-hydrogen) atoms. The highest BCUT2D eigenvalue weighted by atomic mass is 35.5. The first kappa shape index (κ1) is 11.1. The van der Waals surface area contributed by atoms with Crippen molar-refractivity contribution in [2.24, 2.45) is 5.41 Å². The third-order valence-corrected chi connectivity index (χ3v) is 4.18. The monoisotopic (exact) mass is 269 g/mol. The van der Waals surface area contributed by atoms with E-state index in [4.69, 9.17) is 23.2 Å². The van der Waals surface area contributed by atoms with Crippen molar-refractivity contribution in [1.29, 1.82) is 0 Å². The van der Waals surface area contributed by atoms with E-state index in [2.05, 4.69) is 5.32 Å². The van der Waals surface area contributed by atoms with Crippen molar-refractivity contribution < 1.29 is 9.59 Å². The summed E-state index contributed by atoms with van der Waals surface area (Å²) in [4.78, 5) is 23.2. The summed E-state index contributed by atoms with van der Waals surface area (Å²) < 4.78 is 0. The van der Waals surface area contributed by atoms with Gasteiger partial charge in [0.2, 0.25) is 11.8 Å². The van der Waals surface area contributed by atoms with Crippen LogP contribution in [0.3, 0.4) is 0 Å². The molecular formula is C12H9Cl2NO2. The highest BCUT2D eigenvalue weighted by Crippen LogP contribution is 2.57. The highest BCUT2D eigenvalue weighted by Gasteiger charge is 2.65.